The summed E-state index contributed by atoms with van der Waals surface area (Å²) in [6.45, 7) is 6.22. The summed E-state index contributed by atoms with van der Waals surface area (Å²) in [5.41, 5.74) is 7.84. The highest BCUT2D eigenvalue weighted by atomic mass is 16.2. The summed E-state index contributed by atoms with van der Waals surface area (Å²) in [4.78, 5) is 14.1. The van der Waals surface area contributed by atoms with Gasteiger partial charge in [-0.1, -0.05) is 11.6 Å². The van der Waals surface area contributed by atoms with Gasteiger partial charge in [0.2, 0.25) is 0 Å². The van der Waals surface area contributed by atoms with Gasteiger partial charge in [-0.25, -0.2) is 0 Å². The highest BCUT2D eigenvalue weighted by Gasteiger charge is 2.20. The molecule has 18 heavy (non-hydrogen) atoms. The molecule has 0 bridgehead atoms. The lowest BCUT2D eigenvalue weighted by atomic mass is 10.1. The lowest BCUT2D eigenvalue weighted by Gasteiger charge is -2.26. The molecule has 2 N–H and O–H groups in total. The second-order valence-electron chi connectivity index (χ2n) is 4.59. The maximum Gasteiger partial charge on any atom is 0.256 e. The number of aryl methyl sites for hydroxylation is 1. The molecule has 0 saturated carbocycles. The molecule has 0 spiro atoms. The Kier molecular flexibility index (Phi) is 4.73. The van der Waals surface area contributed by atoms with E-state index in [0.717, 1.165) is 5.56 Å². The number of carbonyl (C=O) groups is 1. The molecule has 0 aliphatic carbocycles. The Hall–Kier alpha value is -2.02. The number of hydrogen-bond donors (Lipinski definition) is 1. The van der Waals surface area contributed by atoms with Gasteiger partial charge in [0, 0.05) is 18.3 Å². The highest BCUT2D eigenvalue weighted by molar-refractivity contribution is 5.99. The molecule has 0 aliphatic rings. The van der Waals surface area contributed by atoms with Crippen molar-refractivity contribution in [2.45, 2.75) is 33.2 Å². The molecule has 1 rings (SSSR count). The second kappa shape index (κ2) is 6.06. The first-order valence-corrected chi connectivity index (χ1v) is 6.01. The molecule has 4 heteroatoms. The lowest BCUT2D eigenvalue weighted by molar-refractivity contribution is 0.0711. The number of nitriles is 1. The minimum atomic E-state index is -0.110. The van der Waals surface area contributed by atoms with Crippen LogP contribution in [0.1, 0.15) is 36.2 Å². The van der Waals surface area contributed by atoms with Crippen molar-refractivity contribution in [3.05, 3.63) is 29.3 Å². The largest absolute Gasteiger partial charge is 0.398 e. The maximum atomic E-state index is 12.4. The molecule has 0 atom stereocenters. The summed E-state index contributed by atoms with van der Waals surface area (Å²) in [7, 11) is 0. The minimum absolute atomic E-state index is 0.0470. The molecule has 0 saturated heterocycles. The molecule has 0 heterocycles. The van der Waals surface area contributed by atoms with E-state index in [1.54, 1.807) is 17.0 Å². The smallest absolute Gasteiger partial charge is 0.256 e. The molecule has 4 nitrogen and oxygen atoms in total. The number of nitrogens with zero attached hydrogens (tertiary/aromatic N) is 2. The van der Waals surface area contributed by atoms with Crippen LogP contribution in [0.5, 0.6) is 0 Å². The quantitative estimate of drug-likeness (QED) is 0.828. The van der Waals surface area contributed by atoms with Crippen molar-refractivity contribution in [3.63, 3.8) is 0 Å². The first-order valence-electron chi connectivity index (χ1n) is 6.01. The normalized spacial score (nSPS) is 10.2. The molecule has 1 aromatic carbocycles. The number of hydrogen-bond acceptors (Lipinski definition) is 3. The number of amides is 1. The van der Waals surface area contributed by atoms with E-state index in [2.05, 4.69) is 6.07 Å². The molecule has 0 aliphatic heterocycles. The van der Waals surface area contributed by atoms with Crippen LogP contribution in [0, 0.1) is 18.3 Å². The molecule has 1 aromatic rings. The van der Waals surface area contributed by atoms with E-state index in [0.29, 0.717) is 24.2 Å². The van der Waals surface area contributed by atoms with Crippen LogP contribution in [0.3, 0.4) is 0 Å². The molecule has 0 aromatic heterocycles. The molecule has 0 fully saturated rings. The zero-order valence-corrected chi connectivity index (χ0v) is 11.1. The van der Waals surface area contributed by atoms with Crippen molar-refractivity contribution in [1.29, 1.82) is 5.26 Å². The van der Waals surface area contributed by atoms with Gasteiger partial charge in [-0.3, -0.25) is 4.79 Å². The topological polar surface area (TPSA) is 70.1 Å². The van der Waals surface area contributed by atoms with Crippen molar-refractivity contribution in [3.8, 4) is 6.07 Å². The third-order valence-corrected chi connectivity index (χ3v) is 2.79. The number of benzene rings is 1. The monoisotopic (exact) mass is 245 g/mol. The number of rotatable bonds is 4. The van der Waals surface area contributed by atoms with Gasteiger partial charge in [-0.15, -0.1) is 0 Å². The Balaban J connectivity index is 3.02. The first kappa shape index (κ1) is 14.0. The van der Waals surface area contributed by atoms with Crippen LogP contribution in [0.15, 0.2) is 18.2 Å². The average molecular weight is 245 g/mol. The van der Waals surface area contributed by atoms with Crippen molar-refractivity contribution in [2.24, 2.45) is 0 Å². The molecule has 0 unspecified atom stereocenters. The van der Waals surface area contributed by atoms with Gasteiger partial charge in [0.1, 0.15) is 0 Å². The van der Waals surface area contributed by atoms with E-state index >= 15 is 0 Å². The molecular weight excluding hydrogens is 226 g/mol. The predicted octanol–water partition coefficient (Wildman–Crippen LogP) is 2.34. The van der Waals surface area contributed by atoms with E-state index in [-0.39, 0.29) is 11.9 Å². The van der Waals surface area contributed by atoms with Crippen LogP contribution >= 0.6 is 0 Å². The Labute approximate surface area is 108 Å². The predicted molar refractivity (Wildman–Crippen MR) is 72.0 cm³/mol. The van der Waals surface area contributed by atoms with Crippen LogP contribution in [-0.4, -0.2) is 23.4 Å². The minimum Gasteiger partial charge on any atom is -0.398 e. The van der Waals surface area contributed by atoms with Gasteiger partial charge in [0.25, 0.3) is 5.91 Å². The van der Waals surface area contributed by atoms with E-state index in [1.165, 1.54) is 0 Å². The Morgan fingerprint density at radius 2 is 2.17 bits per heavy atom. The van der Waals surface area contributed by atoms with Gasteiger partial charge in [-0.2, -0.15) is 5.26 Å². The fraction of sp³-hybridized carbons (Fsp3) is 0.429. The van der Waals surface area contributed by atoms with Crippen LogP contribution in [0.4, 0.5) is 5.69 Å². The molecule has 1 amide bonds. The summed E-state index contributed by atoms with van der Waals surface area (Å²) in [6.07, 6.45) is 0.329. The first-order chi connectivity index (χ1) is 8.47. The van der Waals surface area contributed by atoms with Crippen LogP contribution in [0.2, 0.25) is 0 Å². The van der Waals surface area contributed by atoms with Crippen molar-refractivity contribution in [2.75, 3.05) is 12.3 Å². The van der Waals surface area contributed by atoms with E-state index in [9.17, 15) is 4.79 Å². The Morgan fingerprint density at radius 1 is 1.50 bits per heavy atom. The standard InChI is InChI=1S/C14H19N3O/c1-10(2)17(8-4-7-15)14(18)12-9-11(3)5-6-13(12)16/h5-6,9-10H,4,8,16H2,1-3H3. The number of carbonyl (C=O) groups excluding carboxylic acids is 1. The molecule has 0 radical (unpaired) electrons. The van der Waals surface area contributed by atoms with E-state index in [4.69, 9.17) is 11.0 Å². The van der Waals surface area contributed by atoms with Gasteiger partial charge in [0.05, 0.1) is 18.1 Å². The third kappa shape index (κ3) is 3.24. The maximum absolute atomic E-state index is 12.4. The fourth-order valence-corrected chi connectivity index (χ4v) is 1.77. The molecular formula is C14H19N3O. The number of nitrogen functional groups attached to an aromatic ring is 1. The molecule has 96 valence electrons. The summed E-state index contributed by atoms with van der Waals surface area (Å²) in [6, 6.07) is 7.52. The Morgan fingerprint density at radius 3 is 2.72 bits per heavy atom. The van der Waals surface area contributed by atoms with Gasteiger partial charge in [-0.05, 0) is 32.9 Å². The summed E-state index contributed by atoms with van der Waals surface area (Å²) >= 11 is 0. The SMILES string of the molecule is Cc1ccc(N)c(C(=O)N(CCC#N)C(C)C)c1. The van der Waals surface area contributed by atoms with Crippen LogP contribution in [0.25, 0.3) is 0 Å². The van der Waals surface area contributed by atoms with E-state index in [1.807, 2.05) is 26.8 Å². The van der Waals surface area contributed by atoms with Crippen LogP contribution in [-0.2, 0) is 0 Å². The Bertz CT molecular complexity index is 474. The second-order valence-corrected chi connectivity index (χ2v) is 4.59. The number of anilines is 1. The van der Waals surface area contributed by atoms with Crippen LogP contribution < -0.4 is 5.73 Å². The zero-order chi connectivity index (χ0) is 13.7. The van der Waals surface area contributed by atoms with Crippen molar-refractivity contribution < 1.29 is 4.79 Å². The summed E-state index contributed by atoms with van der Waals surface area (Å²) in [5.74, 6) is -0.110. The van der Waals surface area contributed by atoms with Gasteiger partial charge >= 0.3 is 0 Å². The van der Waals surface area contributed by atoms with E-state index < -0.39 is 0 Å². The lowest BCUT2D eigenvalue weighted by Crippen LogP contribution is -2.38. The average Bonchev–Trinajstić information content (AvgIpc) is 2.32. The highest BCUT2D eigenvalue weighted by Crippen LogP contribution is 2.17. The zero-order valence-electron chi connectivity index (χ0n) is 11.1. The van der Waals surface area contributed by atoms with Gasteiger partial charge < -0.3 is 10.6 Å². The summed E-state index contributed by atoms with van der Waals surface area (Å²) < 4.78 is 0. The van der Waals surface area contributed by atoms with Gasteiger partial charge in [0.15, 0.2) is 0 Å². The number of nitrogens with two attached hydrogens (primary N) is 1. The van der Waals surface area contributed by atoms with Crippen molar-refractivity contribution >= 4 is 11.6 Å². The fourth-order valence-electron chi connectivity index (χ4n) is 1.77. The summed E-state index contributed by atoms with van der Waals surface area (Å²) in [5, 5.41) is 8.64. The third-order valence-electron chi connectivity index (χ3n) is 2.79. The van der Waals surface area contributed by atoms with Crippen molar-refractivity contribution in [1.82, 2.24) is 4.90 Å².